The van der Waals surface area contributed by atoms with Crippen LogP contribution < -0.4 is 16.8 Å². The molecule has 0 saturated heterocycles. The number of hydrogen-bond acceptors (Lipinski definition) is 6. The molecule has 0 aliphatic carbocycles. The van der Waals surface area contributed by atoms with E-state index in [0.717, 1.165) is 0 Å². The van der Waals surface area contributed by atoms with Crippen LogP contribution in [0.5, 0.6) is 0 Å². The quantitative estimate of drug-likeness (QED) is 0.235. The second-order valence-electron chi connectivity index (χ2n) is 4.87. The summed E-state index contributed by atoms with van der Waals surface area (Å²) in [4.78, 5) is 15.3. The number of nitrogens with one attached hydrogen (secondary N) is 1. The SMILES string of the molecule is CC(=O)N[C@@H]1[C@@H](N=C(N)N)C=C(C)O[C@H]1C(O)C(O)CO. The molecule has 0 aromatic heterocycles. The van der Waals surface area contributed by atoms with E-state index in [4.69, 9.17) is 21.3 Å². The summed E-state index contributed by atoms with van der Waals surface area (Å²) in [6.07, 6.45) is -2.26. The van der Waals surface area contributed by atoms with Crippen molar-refractivity contribution in [2.24, 2.45) is 16.5 Å². The number of nitrogens with zero attached hydrogens (tertiary/aromatic N) is 1. The molecule has 1 heterocycles. The van der Waals surface area contributed by atoms with Gasteiger partial charge in [0.15, 0.2) is 5.96 Å². The normalized spacial score (nSPS) is 27.9. The lowest BCUT2D eigenvalue weighted by atomic mass is 9.92. The van der Waals surface area contributed by atoms with Gasteiger partial charge in [0.25, 0.3) is 0 Å². The van der Waals surface area contributed by atoms with E-state index >= 15 is 0 Å². The van der Waals surface area contributed by atoms with Gasteiger partial charge in [0.05, 0.1) is 24.4 Å². The van der Waals surface area contributed by atoms with Crippen molar-refractivity contribution in [2.75, 3.05) is 6.61 Å². The monoisotopic (exact) mass is 302 g/mol. The van der Waals surface area contributed by atoms with E-state index in [0.29, 0.717) is 5.76 Å². The summed E-state index contributed by atoms with van der Waals surface area (Å²) in [6, 6.07) is -1.44. The van der Waals surface area contributed by atoms with Crippen molar-refractivity contribution < 1.29 is 24.9 Å². The Morgan fingerprint density at radius 3 is 2.62 bits per heavy atom. The Bertz CT molecular complexity index is 435. The number of carbonyl (C=O) groups excluding carboxylic acids is 1. The Kier molecular flexibility index (Phi) is 5.94. The Labute approximate surface area is 122 Å². The van der Waals surface area contributed by atoms with Crippen molar-refractivity contribution in [3.8, 4) is 0 Å². The highest BCUT2D eigenvalue weighted by atomic mass is 16.5. The number of carbonyl (C=O) groups is 1. The first-order valence-electron chi connectivity index (χ1n) is 6.44. The molecule has 0 spiro atoms. The minimum Gasteiger partial charge on any atom is -0.490 e. The minimum absolute atomic E-state index is 0.183. The zero-order chi connectivity index (χ0) is 16.2. The predicted octanol–water partition coefficient (Wildman–Crippen LogP) is -2.85. The molecule has 21 heavy (non-hydrogen) atoms. The van der Waals surface area contributed by atoms with Crippen LogP contribution in [0.15, 0.2) is 16.8 Å². The molecular weight excluding hydrogens is 280 g/mol. The highest BCUT2D eigenvalue weighted by molar-refractivity contribution is 5.76. The summed E-state index contributed by atoms with van der Waals surface area (Å²) >= 11 is 0. The second kappa shape index (κ2) is 7.25. The molecule has 1 aliphatic rings. The van der Waals surface area contributed by atoms with E-state index in [2.05, 4.69) is 10.3 Å². The molecule has 0 saturated carbocycles. The lowest BCUT2D eigenvalue weighted by molar-refractivity contribution is -0.126. The first kappa shape index (κ1) is 17.2. The largest absolute Gasteiger partial charge is 0.490 e. The molecule has 0 radical (unpaired) electrons. The van der Waals surface area contributed by atoms with Crippen LogP contribution in [-0.2, 0) is 9.53 Å². The van der Waals surface area contributed by atoms with Crippen LogP contribution in [0.3, 0.4) is 0 Å². The number of aliphatic hydroxyl groups excluding tert-OH is 3. The zero-order valence-electron chi connectivity index (χ0n) is 11.9. The maximum Gasteiger partial charge on any atom is 0.217 e. The van der Waals surface area contributed by atoms with Crippen LogP contribution in [0.4, 0.5) is 0 Å². The lowest BCUT2D eigenvalue weighted by Gasteiger charge is -2.38. The number of ether oxygens (including phenoxy) is 1. The van der Waals surface area contributed by atoms with Crippen molar-refractivity contribution in [1.29, 1.82) is 0 Å². The van der Waals surface area contributed by atoms with E-state index in [1.165, 1.54) is 6.92 Å². The molecule has 1 rings (SSSR count). The Hall–Kier alpha value is -1.84. The number of amides is 1. The minimum atomic E-state index is -1.42. The van der Waals surface area contributed by atoms with E-state index in [1.54, 1.807) is 13.0 Å². The molecule has 9 heteroatoms. The molecule has 120 valence electrons. The van der Waals surface area contributed by atoms with Crippen LogP contribution in [-0.4, -0.2) is 64.2 Å². The van der Waals surface area contributed by atoms with Gasteiger partial charge >= 0.3 is 0 Å². The van der Waals surface area contributed by atoms with E-state index in [1.807, 2.05) is 0 Å². The number of aliphatic hydroxyl groups is 3. The fraction of sp³-hybridized carbons (Fsp3) is 0.667. The third-order valence-electron chi connectivity index (χ3n) is 3.04. The number of nitrogens with two attached hydrogens (primary N) is 2. The number of aliphatic imine (C=N–C) groups is 1. The molecule has 0 aromatic rings. The van der Waals surface area contributed by atoms with Gasteiger partial charge in [-0.05, 0) is 13.0 Å². The van der Waals surface area contributed by atoms with E-state index in [9.17, 15) is 15.0 Å². The smallest absolute Gasteiger partial charge is 0.217 e. The van der Waals surface area contributed by atoms with Gasteiger partial charge in [-0.1, -0.05) is 0 Å². The average molecular weight is 302 g/mol. The van der Waals surface area contributed by atoms with Gasteiger partial charge in [-0.3, -0.25) is 4.79 Å². The van der Waals surface area contributed by atoms with Gasteiger partial charge in [0.1, 0.15) is 18.3 Å². The van der Waals surface area contributed by atoms with E-state index < -0.39 is 37.0 Å². The van der Waals surface area contributed by atoms with Crippen molar-refractivity contribution in [3.05, 3.63) is 11.8 Å². The first-order valence-corrected chi connectivity index (χ1v) is 6.44. The van der Waals surface area contributed by atoms with Crippen molar-refractivity contribution in [3.63, 3.8) is 0 Å². The Balaban J connectivity index is 3.12. The number of hydrogen-bond donors (Lipinski definition) is 6. The molecule has 8 N–H and O–H groups in total. The first-order chi connectivity index (χ1) is 9.76. The van der Waals surface area contributed by atoms with Crippen LogP contribution >= 0.6 is 0 Å². The molecule has 5 atom stereocenters. The summed E-state index contributed by atoms with van der Waals surface area (Å²) in [5.41, 5.74) is 10.7. The molecule has 2 unspecified atom stereocenters. The molecule has 0 bridgehead atoms. The highest BCUT2D eigenvalue weighted by Gasteiger charge is 2.41. The fourth-order valence-electron chi connectivity index (χ4n) is 2.17. The van der Waals surface area contributed by atoms with Crippen LogP contribution in [0, 0.1) is 0 Å². The van der Waals surface area contributed by atoms with Gasteiger partial charge < -0.3 is 36.8 Å². The standard InChI is InChI=1S/C12H22N4O5/c1-5-3-7(16-12(13)14)9(15-6(2)18)11(21-5)10(20)8(19)4-17/h3,7-11,17,19-20H,4H2,1-2H3,(H,15,18)(H4,13,14,16)/t7-,8?,9+,10?,11+/m0/s1. The van der Waals surface area contributed by atoms with Gasteiger partial charge in [-0.2, -0.15) is 0 Å². The predicted molar refractivity (Wildman–Crippen MR) is 74.9 cm³/mol. The van der Waals surface area contributed by atoms with Crippen LogP contribution in [0.25, 0.3) is 0 Å². The highest BCUT2D eigenvalue weighted by Crippen LogP contribution is 2.24. The third-order valence-corrected chi connectivity index (χ3v) is 3.04. The number of allylic oxidation sites excluding steroid dienone is 1. The van der Waals surface area contributed by atoms with Gasteiger partial charge in [-0.15, -0.1) is 0 Å². The van der Waals surface area contributed by atoms with Gasteiger partial charge in [-0.25, -0.2) is 4.99 Å². The van der Waals surface area contributed by atoms with Crippen molar-refractivity contribution in [1.82, 2.24) is 5.32 Å². The summed E-state index contributed by atoms with van der Waals surface area (Å²) in [5.74, 6) is -0.124. The lowest BCUT2D eigenvalue weighted by Crippen LogP contribution is -2.59. The number of guanidine groups is 1. The molecule has 1 aliphatic heterocycles. The van der Waals surface area contributed by atoms with Crippen molar-refractivity contribution >= 4 is 11.9 Å². The summed E-state index contributed by atoms with van der Waals surface area (Å²) in [6.45, 7) is 2.28. The summed E-state index contributed by atoms with van der Waals surface area (Å²) < 4.78 is 5.47. The Morgan fingerprint density at radius 2 is 2.14 bits per heavy atom. The van der Waals surface area contributed by atoms with Crippen LogP contribution in [0.1, 0.15) is 13.8 Å². The van der Waals surface area contributed by atoms with E-state index in [-0.39, 0.29) is 11.9 Å². The molecule has 9 nitrogen and oxygen atoms in total. The van der Waals surface area contributed by atoms with Gasteiger partial charge in [0.2, 0.25) is 5.91 Å². The topological polar surface area (TPSA) is 163 Å². The van der Waals surface area contributed by atoms with Crippen molar-refractivity contribution in [2.45, 2.75) is 44.2 Å². The van der Waals surface area contributed by atoms with Crippen LogP contribution in [0.2, 0.25) is 0 Å². The summed E-state index contributed by atoms with van der Waals surface area (Å²) in [5, 5.41) is 31.2. The number of rotatable bonds is 5. The molecule has 0 fully saturated rings. The second-order valence-corrected chi connectivity index (χ2v) is 4.87. The third kappa shape index (κ3) is 4.59. The molecule has 1 amide bonds. The maximum atomic E-state index is 11.3. The Morgan fingerprint density at radius 1 is 1.52 bits per heavy atom. The zero-order valence-corrected chi connectivity index (χ0v) is 11.9. The maximum absolute atomic E-state index is 11.3. The average Bonchev–Trinajstić information content (AvgIpc) is 2.38. The molecular formula is C12H22N4O5. The summed E-state index contributed by atoms with van der Waals surface area (Å²) in [7, 11) is 0. The molecule has 0 aromatic carbocycles. The fourth-order valence-corrected chi connectivity index (χ4v) is 2.17. The van der Waals surface area contributed by atoms with Gasteiger partial charge in [0, 0.05) is 6.92 Å².